The molecular weight excluding hydrogens is 274 g/mol. The lowest BCUT2D eigenvalue weighted by Gasteiger charge is -2.01. The van der Waals surface area contributed by atoms with Gasteiger partial charge in [0.1, 0.15) is 11.5 Å². The number of hydrogen-bond donors (Lipinski definition) is 1. The Labute approximate surface area is 122 Å². The van der Waals surface area contributed by atoms with Crippen molar-refractivity contribution in [3.05, 3.63) is 23.1 Å². The molecule has 4 nitrogen and oxygen atoms in total. The molecule has 0 saturated carbocycles. The van der Waals surface area contributed by atoms with Crippen molar-refractivity contribution in [1.82, 2.24) is 0 Å². The SMILES string of the molecule is CCOc1ccc2sc(C=NCCCOC)c(O)c2c1. The highest BCUT2D eigenvalue weighted by atomic mass is 32.1. The van der Waals surface area contributed by atoms with Crippen LogP contribution in [0.3, 0.4) is 0 Å². The molecular formula is C15H19NO3S. The van der Waals surface area contributed by atoms with Gasteiger partial charge >= 0.3 is 0 Å². The number of aliphatic imine (C=N–C) groups is 1. The van der Waals surface area contributed by atoms with Crippen LogP contribution in [0.4, 0.5) is 0 Å². The fraction of sp³-hybridized carbons (Fsp3) is 0.400. The van der Waals surface area contributed by atoms with Gasteiger partial charge in [0.05, 0.1) is 11.5 Å². The van der Waals surface area contributed by atoms with E-state index >= 15 is 0 Å². The topological polar surface area (TPSA) is 51.0 Å². The van der Waals surface area contributed by atoms with Crippen LogP contribution in [-0.4, -0.2) is 38.2 Å². The van der Waals surface area contributed by atoms with Crippen molar-refractivity contribution in [2.45, 2.75) is 13.3 Å². The molecule has 1 aromatic heterocycles. The molecule has 108 valence electrons. The van der Waals surface area contributed by atoms with Gasteiger partial charge in [0.25, 0.3) is 0 Å². The van der Waals surface area contributed by atoms with Crippen molar-refractivity contribution in [1.29, 1.82) is 0 Å². The van der Waals surface area contributed by atoms with Gasteiger partial charge in [0.2, 0.25) is 0 Å². The van der Waals surface area contributed by atoms with Crippen molar-refractivity contribution in [2.24, 2.45) is 4.99 Å². The maximum atomic E-state index is 10.2. The van der Waals surface area contributed by atoms with E-state index in [4.69, 9.17) is 9.47 Å². The summed E-state index contributed by atoms with van der Waals surface area (Å²) in [5.41, 5.74) is 0. The first kappa shape index (κ1) is 14.8. The van der Waals surface area contributed by atoms with Gasteiger partial charge in [-0.3, -0.25) is 4.99 Å². The molecule has 0 bridgehead atoms. The Kier molecular flexibility index (Phi) is 5.38. The number of rotatable bonds is 7. The summed E-state index contributed by atoms with van der Waals surface area (Å²) in [4.78, 5) is 5.09. The molecule has 2 aromatic rings. The summed E-state index contributed by atoms with van der Waals surface area (Å²) in [7, 11) is 1.68. The Hall–Kier alpha value is -1.59. The summed E-state index contributed by atoms with van der Waals surface area (Å²) in [5, 5.41) is 11.0. The first-order valence-electron chi connectivity index (χ1n) is 6.63. The molecule has 1 heterocycles. The van der Waals surface area contributed by atoms with Crippen LogP contribution in [-0.2, 0) is 4.74 Å². The fourth-order valence-electron chi connectivity index (χ4n) is 1.87. The zero-order chi connectivity index (χ0) is 14.4. The molecule has 0 spiro atoms. The number of fused-ring (bicyclic) bond motifs is 1. The van der Waals surface area contributed by atoms with E-state index in [1.54, 1.807) is 13.3 Å². The zero-order valence-electron chi connectivity index (χ0n) is 11.8. The number of hydrogen-bond acceptors (Lipinski definition) is 5. The monoisotopic (exact) mass is 293 g/mol. The second kappa shape index (κ2) is 7.26. The van der Waals surface area contributed by atoms with E-state index in [0.717, 1.165) is 27.1 Å². The molecule has 0 amide bonds. The average molecular weight is 293 g/mol. The third kappa shape index (κ3) is 3.49. The summed E-state index contributed by atoms with van der Waals surface area (Å²) >= 11 is 1.53. The van der Waals surface area contributed by atoms with E-state index in [1.807, 2.05) is 25.1 Å². The lowest BCUT2D eigenvalue weighted by Crippen LogP contribution is -1.91. The Morgan fingerprint density at radius 3 is 3.00 bits per heavy atom. The highest BCUT2D eigenvalue weighted by molar-refractivity contribution is 7.21. The minimum Gasteiger partial charge on any atom is -0.506 e. The molecule has 0 unspecified atom stereocenters. The predicted molar refractivity (Wildman–Crippen MR) is 83.6 cm³/mol. The second-order valence-corrected chi connectivity index (χ2v) is 5.37. The van der Waals surface area contributed by atoms with Crippen LogP contribution in [0.5, 0.6) is 11.5 Å². The average Bonchev–Trinajstić information content (AvgIpc) is 2.76. The van der Waals surface area contributed by atoms with E-state index < -0.39 is 0 Å². The van der Waals surface area contributed by atoms with Gasteiger partial charge in [-0.25, -0.2) is 0 Å². The van der Waals surface area contributed by atoms with Crippen LogP contribution in [0.25, 0.3) is 10.1 Å². The fourth-order valence-corrected chi connectivity index (χ4v) is 2.85. The smallest absolute Gasteiger partial charge is 0.143 e. The van der Waals surface area contributed by atoms with Crippen LogP contribution in [0.1, 0.15) is 18.2 Å². The lowest BCUT2D eigenvalue weighted by molar-refractivity contribution is 0.197. The third-order valence-corrected chi connectivity index (χ3v) is 3.91. The molecule has 0 aliphatic rings. The van der Waals surface area contributed by atoms with Crippen molar-refractivity contribution in [3.8, 4) is 11.5 Å². The molecule has 0 radical (unpaired) electrons. The highest BCUT2D eigenvalue weighted by Crippen LogP contribution is 2.37. The van der Waals surface area contributed by atoms with Gasteiger partial charge < -0.3 is 14.6 Å². The van der Waals surface area contributed by atoms with Crippen molar-refractivity contribution < 1.29 is 14.6 Å². The number of nitrogens with zero attached hydrogens (tertiary/aromatic N) is 1. The molecule has 2 rings (SSSR count). The molecule has 1 aromatic carbocycles. The number of aromatic hydroxyl groups is 1. The lowest BCUT2D eigenvalue weighted by atomic mass is 10.2. The largest absolute Gasteiger partial charge is 0.506 e. The number of thiophene rings is 1. The van der Waals surface area contributed by atoms with Crippen LogP contribution < -0.4 is 4.74 Å². The van der Waals surface area contributed by atoms with Gasteiger partial charge in [0.15, 0.2) is 0 Å². The number of ether oxygens (including phenoxy) is 2. The van der Waals surface area contributed by atoms with Gasteiger partial charge in [0, 0.05) is 36.6 Å². The van der Waals surface area contributed by atoms with E-state index in [9.17, 15) is 5.11 Å². The van der Waals surface area contributed by atoms with Crippen LogP contribution in [0.2, 0.25) is 0 Å². The maximum Gasteiger partial charge on any atom is 0.143 e. The molecule has 1 N–H and O–H groups in total. The van der Waals surface area contributed by atoms with Crippen LogP contribution in [0.15, 0.2) is 23.2 Å². The first-order chi connectivity index (χ1) is 9.76. The van der Waals surface area contributed by atoms with Crippen LogP contribution in [0, 0.1) is 0 Å². The van der Waals surface area contributed by atoms with Crippen molar-refractivity contribution in [2.75, 3.05) is 26.9 Å². The van der Waals surface area contributed by atoms with Gasteiger partial charge in [-0.2, -0.15) is 0 Å². The molecule has 5 heteroatoms. The minimum atomic E-state index is 0.280. The normalized spacial score (nSPS) is 11.5. The molecule has 0 atom stereocenters. The Balaban J connectivity index is 2.16. The Bertz CT molecular complexity index is 592. The zero-order valence-corrected chi connectivity index (χ0v) is 12.6. The minimum absolute atomic E-state index is 0.280. The quantitative estimate of drug-likeness (QED) is 0.628. The van der Waals surface area contributed by atoms with E-state index in [0.29, 0.717) is 19.8 Å². The van der Waals surface area contributed by atoms with E-state index in [-0.39, 0.29) is 5.75 Å². The van der Waals surface area contributed by atoms with Gasteiger partial charge in [-0.05, 0) is 31.5 Å². The molecule has 0 aliphatic heterocycles. The second-order valence-electron chi connectivity index (χ2n) is 4.29. The summed E-state index contributed by atoms with van der Waals surface area (Å²) in [6.07, 6.45) is 2.61. The highest BCUT2D eigenvalue weighted by Gasteiger charge is 2.10. The number of benzene rings is 1. The Morgan fingerprint density at radius 2 is 2.25 bits per heavy atom. The maximum absolute atomic E-state index is 10.2. The van der Waals surface area contributed by atoms with Crippen molar-refractivity contribution in [3.63, 3.8) is 0 Å². The number of methoxy groups -OCH3 is 1. The molecule has 0 aliphatic carbocycles. The summed E-state index contributed by atoms with van der Waals surface area (Å²) in [6, 6.07) is 5.75. The van der Waals surface area contributed by atoms with Crippen LogP contribution >= 0.6 is 11.3 Å². The standard InChI is InChI=1S/C15H19NO3S/c1-3-19-11-5-6-13-12(9-11)15(17)14(20-13)10-16-7-4-8-18-2/h5-6,9-10,17H,3-4,7-8H2,1-2H3. The summed E-state index contributed by atoms with van der Waals surface area (Å²) in [5.74, 6) is 1.05. The van der Waals surface area contributed by atoms with Gasteiger partial charge in [-0.1, -0.05) is 0 Å². The van der Waals surface area contributed by atoms with Gasteiger partial charge in [-0.15, -0.1) is 11.3 Å². The Morgan fingerprint density at radius 1 is 1.40 bits per heavy atom. The summed E-state index contributed by atoms with van der Waals surface area (Å²) in [6.45, 7) is 3.96. The van der Waals surface area contributed by atoms with E-state index in [1.165, 1.54) is 11.3 Å². The molecule has 0 saturated heterocycles. The predicted octanol–water partition coefficient (Wildman–Crippen LogP) is 3.46. The third-order valence-electron chi connectivity index (χ3n) is 2.81. The van der Waals surface area contributed by atoms with E-state index in [2.05, 4.69) is 4.99 Å². The first-order valence-corrected chi connectivity index (χ1v) is 7.45. The molecule has 0 fully saturated rings. The summed E-state index contributed by atoms with van der Waals surface area (Å²) < 4.78 is 11.4. The van der Waals surface area contributed by atoms with Crippen molar-refractivity contribution >= 4 is 27.6 Å². The molecule has 20 heavy (non-hydrogen) atoms.